The zero-order valence-corrected chi connectivity index (χ0v) is 18.1. The van der Waals surface area contributed by atoms with Crippen molar-refractivity contribution in [3.05, 3.63) is 16.6 Å². The maximum Gasteiger partial charge on any atom is 0.115 e. The molecular formula is C14H20BBrS2Si2. The van der Waals surface area contributed by atoms with Gasteiger partial charge in [-0.25, -0.2) is 0 Å². The Morgan fingerprint density at radius 2 is 1.30 bits per heavy atom. The Labute approximate surface area is 142 Å². The van der Waals surface area contributed by atoms with E-state index in [1.807, 2.05) is 22.7 Å². The summed E-state index contributed by atoms with van der Waals surface area (Å²) in [6.07, 6.45) is 0. The number of hydrogen-bond donors (Lipinski definition) is 0. The quantitative estimate of drug-likeness (QED) is 0.682. The summed E-state index contributed by atoms with van der Waals surface area (Å²) in [6.45, 7) is 14.3. The van der Waals surface area contributed by atoms with Crippen molar-refractivity contribution in [2.75, 3.05) is 0 Å². The van der Waals surface area contributed by atoms with Gasteiger partial charge in [0.05, 0.1) is 21.0 Å². The van der Waals surface area contributed by atoms with Crippen molar-refractivity contribution in [3.63, 3.8) is 0 Å². The third-order valence-electron chi connectivity index (χ3n) is 3.13. The highest BCUT2D eigenvalue weighted by molar-refractivity contribution is 9.10. The predicted octanol–water partition coefficient (Wildman–Crippen LogP) is 4.12. The lowest BCUT2D eigenvalue weighted by molar-refractivity contribution is 1.77. The van der Waals surface area contributed by atoms with E-state index in [2.05, 4.69) is 67.3 Å². The van der Waals surface area contributed by atoms with E-state index < -0.39 is 16.1 Å². The smallest absolute Gasteiger partial charge is 0.115 e. The molecule has 0 atom stereocenters. The van der Waals surface area contributed by atoms with Crippen LogP contribution in [0.1, 0.15) is 0 Å². The average Bonchev–Trinajstić information content (AvgIpc) is 2.80. The Balaban J connectivity index is 2.53. The van der Waals surface area contributed by atoms with Crippen molar-refractivity contribution in [2.24, 2.45) is 0 Å². The fourth-order valence-electron chi connectivity index (χ4n) is 1.85. The first-order valence-electron chi connectivity index (χ1n) is 6.70. The van der Waals surface area contributed by atoms with E-state index in [0.29, 0.717) is 0 Å². The van der Waals surface area contributed by atoms with Crippen LogP contribution in [0.4, 0.5) is 0 Å². The molecule has 20 heavy (non-hydrogen) atoms. The Morgan fingerprint density at radius 1 is 0.850 bits per heavy atom. The molecular weight excluding hydrogens is 379 g/mol. The van der Waals surface area contributed by atoms with E-state index >= 15 is 0 Å². The highest BCUT2D eigenvalue weighted by atomic mass is 79.9. The molecule has 0 saturated heterocycles. The molecule has 106 valence electrons. The van der Waals surface area contributed by atoms with Gasteiger partial charge in [0.1, 0.15) is 7.85 Å². The highest BCUT2D eigenvalue weighted by Gasteiger charge is 2.25. The highest BCUT2D eigenvalue weighted by Crippen LogP contribution is 2.35. The van der Waals surface area contributed by atoms with Gasteiger partial charge in [-0.3, -0.25) is 0 Å². The molecule has 2 radical (unpaired) electrons. The fraction of sp³-hybridized carbons (Fsp3) is 0.429. The van der Waals surface area contributed by atoms with Crippen LogP contribution in [0.25, 0.3) is 9.75 Å². The standard InChI is InChI=1S/C14H20BBrS2Si2/c1-19(2,3)11-7-9(15)13(17-11)14-10(16)8-12(18-14)20(4,5)6/h7-8H,1-6H3. The van der Waals surface area contributed by atoms with Crippen LogP contribution in [0.2, 0.25) is 39.3 Å². The van der Waals surface area contributed by atoms with Crippen molar-refractivity contribution < 1.29 is 0 Å². The van der Waals surface area contributed by atoms with E-state index in [1.54, 1.807) is 0 Å². The maximum absolute atomic E-state index is 6.29. The first kappa shape index (κ1) is 16.7. The first-order valence-corrected chi connectivity index (χ1v) is 16.1. The number of hydrogen-bond acceptors (Lipinski definition) is 2. The molecule has 0 aliphatic heterocycles. The van der Waals surface area contributed by atoms with Gasteiger partial charge in [-0.05, 0) is 31.0 Å². The summed E-state index contributed by atoms with van der Waals surface area (Å²) < 4.78 is 4.22. The molecule has 0 spiro atoms. The van der Waals surface area contributed by atoms with Crippen molar-refractivity contribution in [1.82, 2.24) is 0 Å². The van der Waals surface area contributed by atoms with Crippen LogP contribution in [-0.4, -0.2) is 24.0 Å². The van der Waals surface area contributed by atoms with Gasteiger partial charge in [-0.15, -0.1) is 22.7 Å². The fourth-order valence-corrected chi connectivity index (χ4v) is 9.04. The zero-order valence-electron chi connectivity index (χ0n) is 12.9. The van der Waals surface area contributed by atoms with Crippen LogP contribution >= 0.6 is 38.6 Å². The topological polar surface area (TPSA) is 0 Å². The van der Waals surface area contributed by atoms with Gasteiger partial charge < -0.3 is 0 Å². The van der Waals surface area contributed by atoms with E-state index in [0.717, 1.165) is 5.46 Å². The van der Waals surface area contributed by atoms with Crippen LogP contribution in [-0.2, 0) is 0 Å². The molecule has 0 N–H and O–H groups in total. The lowest BCUT2D eigenvalue weighted by atomic mass is 9.97. The summed E-state index contributed by atoms with van der Waals surface area (Å²) in [5.41, 5.74) is 0.942. The SMILES string of the molecule is [B]c1cc([Si](C)(C)C)sc1-c1sc([Si](C)(C)C)cc1Br. The Bertz CT molecular complexity index is 576. The van der Waals surface area contributed by atoms with Crippen LogP contribution < -0.4 is 14.5 Å². The molecule has 0 bridgehead atoms. The van der Waals surface area contributed by atoms with Crippen molar-refractivity contribution in [1.29, 1.82) is 0 Å². The molecule has 0 amide bonds. The first-order chi connectivity index (χ1) is 9.00. The molecule has 2 aromatic rings. The molecule has 0 nitrogen and oxygen atoms in total. The maximum atomic E-state index is 6.29. The zero-order chi connectivity index (χ0) is 15.3. The largest absolute Gasteiger partial charge is 0.145 e. The molecule has 0 fully saturated rings. The van der Waals surface area contributed by atoms with E-state index in [9.17, 15) is 0 Å². The van der Waals surface area contributed by atoms with E-state index in [4.69, 9.17) is 7.85 Å². The molecule has 0 aliphatic rings. The minimum absolute atomic E-state index is 0.942. The summed E-state index contributed by atoms with van der Waals surface area (Å²) >= 11 is 7.54. The van der Waals surface area contributed by atoms with Crippen LogP contribution in [0.3, 0.4) is 0 Å². The number of rotatable bonds is 3. The van der Waals surface area contributed by atoms with Gasteiger partial charge in [-0.2, -0.15) is 0 Å². The molecule has 2 heterocycles. The van der Waals surface area contributed by atoms with Gasteiger partial charge >= 0.3 is 0 Å². The summed E-state index contributed by atoms with van der Waals surface area (Å²) in [5, 5.41) is 0. The van der Waals surface area contributed by atoms with E-state index in [-0.39, 0.29) is 0 Å². The van der Waals surface area contributed by atoms with Crippen molar-refractivity contribution in [3.8, 4) is 9.75 Å². The van der Waals surface area contributed by atoms with Gasteiger partial charge in [0.15, 0.2) is 0 Å². The Morgan fingerprint density at radius 3 is 1.70 bits per heavy atom. The van der Waals surface area contributed by atoms with Gasteiger partial charge in [0, 0.05) is 9.35 Å². The Kier molecular flexibility index (Phi) is 4.64. The minimum atomic E-state index is -1.29. The monoisotopic (exact) mass is 398 g/mol. The molecule has 2 aromatic heterocycles. The summed E-state index contributed by atoms with van der Waals surface area (Å²) in [4.78, 5) is 2.57. The molecule has 0 unspecified atom stereocenters. The minimum Gasteiger partial charge on any atom is -0.145 e. The van der Waals surface area contributed by atoms with Crippen LogP contribution in [0.15, 0.2) is 16.6 Å². The van der Waals surface area contributed by atoms with Gasteiger partial charge in [0.25, 0.3) is 0 Å². The molecule has 0 aliphatic carbocycles. The molecule has 0 aromatic carbocycles. The Hall–Kier alpha value is 0.379. The lowest BCUT2D eigenvalue weighted by Gasteiger charge is -2.12. The second-order valence-electron chi connectivity index (χ2n) is 7.18. The second kappa shape index (κ2) is 5.54. The third-order valence-corrected chi connectivity index (χ3v) is 13.6. The number of thiophene rings is 2. The van der Waals surface area contributed by atoms with Crippen molar-refractivity contribution in [2.45, 2.75) is 39.3 Å². The van der Waals surface area contributed by atoms with Gasteiger partial charge in [0.2, 0.25) is 0 Å². The second-order valence-corrected chi connectivity index (χ2v) is 20.9. The summed E-state index contributed by atoms with van der Waals surface area (Å²) in [6, 6.07) is 4.51. The molecule has 0 saturated carbocycles. The normalized spacial score (nSPS) is 12.9. The number of halogens is 1. The molecule has 6 heteroatoms. The average molecular weight is 399 g/mol. The predicted molar refractivity (Wildman–Crippen MR) is 107 cm³/mol. The van der Waals surface area contributed by atoms with Gasteiger partial charge in [-0.1, -0.05) is 50.8 Å². The van der Waals surface area contributed by atoms with Crippen LogP contribution in [0.5, 0.6) is 0 Å². The summed E-state index contributed by atoms with van der Waals surface area (Å²) in [7, 11) is 3.74. The lowest BCUT2D eigenvalue weighted by Crippen LogP contribution is -2.35. The molecule has 2 rings (SSSR count). The van der Waals surface area contributed by atoms with Crippen molar-refractivity contribution >= 4 is 77.1 Å². The van der Waals surface area contributed by atoms with Crippen LogP contribution in [0, 0.1) is 0 Å². The van der Waals surface area contributed by atoms with E-state index in [1.165, 1.54) is 23.2 Å². The summed E-state index contributed by atoms with van der Waals surface area (Å²) in [5.74, 6) is 0. The third kappa shape index (κ3) is 3.40.